The number of hydrogen-bond acceptors (Lipinski definition) is 3. The summed E-state index contributed by atoms with van der Waals surface area (Å²) >= 11 is 0. The minimum absolute atomic E-state index is 0.0972. The van der Waals surface area contributed by atoms with Crippen molar-refractivity contribution in [3.63, 3.8) is 0 Å². The quantitative estimate of drug-likeness (QED) is 0.696. The number of hydrogen-bond donors (Lipinski definition) is 1. The van der Waals surface area contributed by atoms with Gasteiger partial charge in [-0.15, -0.1) is 0 Å². The number of carbonyl (C=O) groups excluding carboxylic acids is 1. The minimum atomic E-state index is -0.339. The Hall–Kier alpha value is -0.610. The third kappa shape index (κ3) is 7.34. The molecular formula is C13H29N3O. The number of amides is 1. The highest BCUT2D eigenvalue weighted by molar-refractivity contribution is 5.81. The Labute approximate surface area is 106 Å². The Bertz CT molecular complexity index is 217. The average molecular weight is 243 g/mol. The summed E-state index contributed by atoms with van der Waals surface area (Å²) in [6, 6.07) is -0.339. The second-order valence-corrected chi connectivity index (χ2v) is 5.31. The fourth-order valence-electron chi connectivity index (χ4n) is 1.85. The molecule has 0 saturated heterocycles. The molecule has 1 amide bonds. The van der Waals surface area contributed by atoms with Crippen molar-refractivity contribution in [3.05, 3.63) is 0 Å². The summed E-state index contributed by atoms with van der Waals surface area (Å²) in [6.45, 7) is 8.75. The lowest BCUT2D eigenvalue weighted by molar-refractivity contribution is -0.132. The molecule has 0 aliphatic heterocycles. The first-order chi connectivity index (χ1) is 7.88. The van der Waals surface area contributed by atoms with Crippen LogP contribution >= 0.6 is 0 Å². The highest BCUT2D eigenvalue weighted by Gasteiger charge is 2.20. The maximum atomic E-state index is 12.1. The van der Waals surface area contributed by atoms with Crippen LogP contribution in [0.15, 0.2) is 0 Å². The molecule has 0 fully saturated rings. The first-order valence-corrected chi connectivity index (χ1v) is 6.57. The van der Waals surface area contributed by atoms with Gasteiger partial charge >= 0.3 is 0 Å². The fraction of sp³-hybridized carbons (Fsp3) is 0.923. The van der Waals surface area contributed by atoms with Gasteiger partial charge in [0.1, 0.15) is 0 Å². The predicted molar refractivity (Wildman–Crippen MR) is 72.9 cm³/mol. The monoisotopic (exact) mass is 243 g/mol. The molecule has 4 nitrogen and oxygen atoms in total. The first kappa shape index (κ1) is 16.4. The van der Waals surface area contributed by atoms with Crippen molar-refractivity contribution in [3.8, 4) is 0 Å². The van der Waals surface area contributed by atoms with Crippen molar-refractivity contribution in [2.75, 3.05) is 33.7 Å². The van der Waals surface area contributed by atoms with Crippen LogP contribution in [0.25, 0.3) is 0 Å². The van der Waals surface area contributed by atoms with E-state index in [9.17, 15) is 4.79 Å². The lowest BCUT2D eigenvalue weighted by Crippen LogP contribution is -2.45. The lowest BCUT2D eigenvalue weighted by Gasteiger charge is -2.25. The van der Waals surface area contributed by atoms with Gasteiger partial charge in [0, 0.05) is 13.1 Å². The molecule has 0 heterocycles. The van der Waals surface area contributed by atoms with Crippen LogP contribution in [-0.2, 0) is 4.79 Å². The van der Waals surface area contributed by atoms with E-state index >= 15 is 0 Å². The molecule has 0 aromatic rings. The summed E-state index contributed by atoms with van der Waals surface area (Å²) in [5, 5.41) is 0. The molecule has 0 aliphatic rings. The molecule has 0 radical (unpaired) electrons. The summed E-state index contributed by atoms with van der Waals surface area (Å²) < 4.78 is 0. The maximum Gasteiger partial charge on any atom is 0.239 e. The van der Waals surface area contributed by atoms with E-state index in [2.05, 4.69) is 18.7 Å². The van der Waals surface area contributed by atoms with Gasteiger partial charge in [0.2, 0.25) is 5.91 Å². The van der Waals surface area contributed by atoms with Crippen molar-refractivity contribution in [1.82, 2.24) is 9.80 Å². The molecule has 0 spiro atoms. The zero-order valence-electron chi connectivity index (χ0n) is 12.1. The molecule has 4 heteroatoms. The Morgan fingerprint density at radius 2 is 1.82 bits per heavy atom. The molecule has 1 unspecified atom stereocenters. The highest BCUT2D eigenvalue weighted by atomic mass is 16.2. The van der Waals surface area contributed by atoms with Gasteiger partial charge < -0.3 is 15.5 Å². The first-order valence-electron chi connectivity index (χ1n) is 6.57. The third-order valence-corrected chi connectivity index (χ3v) is 2.77. The summed E-state index contributed by atoms with van der Waals surface area (Å²) in [5.41, 5.74) is 5.92. The molecule has 2 N–H and O–H groups in total. The topological polar surface area (TPSA) is 49.6 Å². The van der Waals surface area contributed by atoms with Gasteiger partial charge in [-0.25, -0.2) is 0 Å². The van der Waals surface area contributed by atoms with Crippen LogP contribution in [0.4, 0.5) is 0 Å². The summed E-state index contributed by atoms with van der Waals surface area (Å²) in [6.07, 6.45) is 1.77. The predicted octanol–water partition coefficient (Wildman–Crippen LogP) is 1.16. The van der Waals surface area contributed by atoms with E-state index in [0.717, 1.165) is 32.5 Å². The summed E-state index contributed by atoms with van der Waals surface area (Å²) in [4.78, 5) is 16.1. The minimum Gasteiger partial charge on any atom is -0.342 e. The molecule has 0 aliphatic carbocycles. The van der Waals surface area contributed by atoms with E-state index in [1.54, 1.807) is 0 Å². The molecule has 102 valence electrons. The number of carbonyl (C=O) groups is 1. The third-order valence-electron chi connectivity index (χ3n) is 2.77. The Morgan fingerprint density at radius 1 is 1.24 bits per heavy atom. The van der Waals surface area contributed by atoms with Crippen LogP contribution in [0.5, 0.6) is 0 Å². The zero-order chi connectivity index (χ0) is 13.4. The molecule has 17 heavy (non-hydrogen) atoms. The highest BCUT2D eigenvalue weighted by Crippen LogP contribution is 2.06. The molecule has 1 atom stereocenters. The van der Waals surface area contributed by atoms with Crippen LogP contribution in [0, 0.1) is 5.92 Å². The van der Waals surface area contributed by atoms with Crippen molar-refractivity contribution >= 4 is 5.91 Å². The summed E-state index contributed by atoms with van der Waals surface area (Å²) in [5.74, 6) is 0.564. The van der Waals surface area contributed by atoms with E-state index in [0.29, 0.717) is 5.92 Å². The molecule has 0 aromatic heterocycles. The molecule has 0 saturated carbocycles. The van der Waals surface area contributed by atoms with Gasteiger partial charge in [-0.3, -0.25) is 4.79 Å². The van der Waals surface area contributed by atoms with Crippen LogP contribution in [0.3, 0.4) is 0 Å². The second-order valence-electron chi connectivity index (χ2n) is 5.31. The van der Waals surface area contributed by atoms with Gasteiger partial charge in [-0.05, 0) is 46.3 Å². The number of nitrogens with zero attached hydrogens (tertiary/aromatic N) is 2. The van der Waals surface area contributed by atoms with Crippen LogP contribution in [-0.4, -0.2) is 55.5 Å². The number of likely N-dealkylation sites (N-methyl/N-ethyl adjacent to an activating group) is 1. The number of rotatable bonds is 8. The Morgan fingerprint density at radius 3 is 2.24 bits per heavy atom. The largest absolute Gasteiger partial charge is 0.342 e. The van der Waals surface area contributed by atoms with Crippen LogP contribution < -0.4 is 5.73 Å². The molecule has 0 bridgehead atoms. The van der Waals surface area contributed by atoms with Gasteiger partial charge in [-0.2, -0.15) is 0 Å². The molecular weight excluding hydrogens is 214 g/mol. The number of nitrogens with two attached hydrogens (primary N) is 1. The zero-order valence-corrected chi connectivity index (χ0v) is 12.1. The van der Waals surface area contributed by atoms with Crippen LogP contribution in [0.1, 0.15) is 33.6 Å². The van der Waals surface area contributed by atoms with Gasteiger partial charge in [0.05, 0.1) is 6.04 Å². The van der Waals surface area contributed by atoms with Gasteiger partial charge in [-0.1, -0.05) is 13.8 Å². The Balaban J connectivity index is 4.11. The Kier molecular flexibility index (Phi) is 8.17. The molecule has 0 aromatic carbocycles. The van der Waals surface area contributed by atoms with E-state index in [1.165, 1.54) is 0 Å². The van der Waals surface area contributed by atoms with Crippen molar-refractivity contribution in [2.45, 2.75) is 39.7 Å². The van der Waals surface area contributed by atoms with E-state index in [1.807, 2.05) is 25.9 Å². The van der Waals surface area contributed by atoms with Crippen molar-refractivity contribution < 1.29 is 4.79 Å². The van der Waals surface area contributed by atoms with E-state index in [-0.39, 0.29) is 11.9 Å². The fourth-order valence-corrected chi connectivity index (χ4v) is 1.85. The standard InChI is InChI=1S/C13H29N3O/c1-6-16(9-7-8-15(4)5)13(17)12(14)10-11(2)3/h11-12H,6-10,14H2,1-5H3. The van der Waals surface area contributed by atoms with Crippen LogP contribution in [0.2, 0.25) is 0 Å². The van der Waals surface area contributed by atoms with Gasteiger partial charge in [0.15, 0.2) is 0 Å². The van der Waals surface area contributed by atoms with E-state index in [4.69, 9.17) is 5.73 Å². The van der Waals surface area contributed by atoms with Gasteiger partial charge in [0.25, 0.3) is 0 Å². The normalized spacial score (nSPS) is 13.2. The smallest absolute Gasteiger partial charge is 0.239 e. The molecule has 0 rings (SSSR count). The SMILES string of the molecule is CCN(CCCN(C)C)C(=O)C(N)CC(C)C. The lowest BCUT2D eigenvalue weighted by atomic mass is 10.0. The maximum absolute atomic E-state index is 12.1. The average Bonchev–Trinajstić information content (AvgIpc) is 2.22. The summed E-state index contributed by atoms with van der Waals surface area (Å²) in [7, 11) is 4.09. The van der Waals surface area contributed by atoms with E-state index < -0.39 is 0 Å². The van der Waals surface area contributed by atoms with Crippen molar-refractivity contribution in [1.29, 1.82) is 0 Å². The second kappa shape index (κ2) is 8.48. The van der Waals surface area contributed by atoms with Crippen molar-refractivity contribution in [2.24, 2.45) is 11.7 Å².